The number of rotatable bonds is 4. The zero-order valence-corrected chi connectivity index (χ0v) is 13.8. The molecule has 1 aliphatic rings. The fourth-order valence-corrected chi connectivity index (χ4v) is 3.93. The number of aryl methyl sites for hydroxylation is 2. The predicted molar refractivity (Wildman–Crippen MR) is 80.1 cm³/mol. The van der Waals surface area contributed by atoms with E-state index in [4.69, 9.17) is 0 Å². The molecule has 0 atom stereocenters. The van der Waals surface area contributed by atoms with Gasteiger partial charge in [0.15, 0.2) is 17.5 Å². The molecule has 2 aromatic rings. The van der Waals surface area contributed by atoms with Crippen molar-refractivity contribution in [3.8, 4) is 0 Å². The largest absolute Gasteiger partial charge is 0.335 e. The van der Waals surface area contributed by atoms with Gasteiger partial charge in [0, 0.05) is 26.2 Å². The van der Waals surface area contributed by atoms with Crippen molar-refractivity contribution in [3.05, 3.63) is 47.3 Å². The molecule has 0 aliphatic carbocycles. The van der Waals surface area contributed by atoms with Crippen molar-refractivity contribution in [2.24, 2.45) is 0 Å². The van der Waals surface area contributed by atoms with Gasteiger partial charge in [0.2, 0.25) is 10.0 Å². The number of hydrogen-bond acceptors (Lipinski definition) is 3. The zero-order valence-electron chi connectivity index (χ0n) is 13.0. The Balaban J connectivity index is 1.87. The van der Waals surface area contributed by atoms with Gasteiger partial charge in [-0.25, -0.2) is 26.6 Å². The lowest BCUT2D eigenvalue weighted by Crippen LogP contribution is -2.27. The van der Waals surface area contributed by atoms with Crippen molar-refractivity contribution in [1.29, 1.82) is 0 Å². The van der Waals surface area contributed by atoms with E-state index in [1.807, 2.05) is 4.57 Å². The fourth-order valence-electron chi connectivity index (χ4n) is 2.74. The Labute approximate surface area is 137 Å². The molecule has 0 unspecified atom stereocenters. The first-order valence-electron chi connectivity index (χ1n) is 7.45. The maximum Gasteiger partial charge on any atom is 0.246 e. The molecule has 0 N–H and O–H groups in total. The minimum atomic E-state index is -4.31. The maximum absolute atomic E-state index is 13.8. The van der Waals surface area contributed by atoms with Crippen LogP contribution in [0.4, 0.5) is 13.2 Å². The van der Waals surface area contributed by atoms with E-state index >= 15 is 0 Å². The third-order valence-electron chi connectivity index (χ3n) is 4.03. The van der Waals surface area contributed by atoms with Crippen LogP contribution in [-0.4, -0.2) is 29.3 Å². The molecule has 24 heavy (non-hydrogen) atoms. The van der Waals surface area contributed by atoms with Gasteiger partial charge in [-0.05, 0) is 25.0 Å². The fraction of sp³-hybridized carbons (Fsp3) is 0.400. The van der Waals surface area contributed by atoms with Crippen molar-refractivity contribution in [3.63, 3.8) is 0 Å². The lowest BCUT2D eigenvalue weighted by molar-refractivity contribution is 0.420. The van der Waals surface area contributed by atoms with E-state index < -0.39 is 32.4 Å². The molecule has 0 bridgehead atoms. The topological polar surface area (TPSA) is 55.2 Å². The van der Waals surface area contributed by atoms with Gasteiger partial charge >= 0.3 is 0 Å². The van der Waals surface area contributed by atoms with Crippen molar-refractivity contribution >= 4 is 10.0 Å². The highest BCUT2D eigenvalue weighted by molar-refractivity contribution is 7.89. The molecule has 2 heterocycles. The Morgan fingerprint density at radius 1 is 1.21 bits per heavy atom. The Kier molecular flexibility index (Phi) is 4.39. The number of fused-ring (bicyclic) bond motifs is 1. The van der Waals surface area contributed by atoms with Gasteiger partial charge in [-0.2, -0.15) is 4.31 Å². The smallest absolute Gasteiger partial charge is 0.246 e. The molecule has 9 heteroatoms. The first-order chi connectivity index (χ1) is 11.3. The van der Waals surface area contributed by atoms with Gasteiger partial charge in [-0.1, -0.05) is 0 Å². The van der Waals surface area contributed by atoms with E-state index in [1.54, 1.807) is 6.20 Å². The van der Waals surface area contributed by atoms with Crippen molar-refractivity contribution in [2.45, 2.75) is 37.2 Å². The van der Waals surface area contributed by atoms with Crippen LogP contribution in [0, 0.1) is 17.5 Å². The van der Waals surface area contributed by atoms with Gasteiger partial charge in [0.1, 0.15) is 10.7 Å². The number of benzene rings is 1. The number of aromatic nitrogens is 2. The summed E-state index contributed by atoms with van der Waals surface area (Å²) < 4.78 is 67.8. The highest BCUT2D eigenvalue weighted by Gasteiger charge is 2.28. The van der Waals surface area contributed by atoms with Crippen LogP contribution >= 0.6 is 0 Å². The second-order valence-corrected chi connectivity index (χ2v) is 7.75. The molecule has 0 saturated carbocycles. The van der Waals surface area contributed by atoms with E-state index in [2.05, 4.69) is 4.98 Å². The minimum Gasteiger partial charge on any atom is -0.335 e. The van der Waals surface area contributed by atoms with Crippen LogP contribution in [-0.2, 0) is 29.5 Å². The van der Waals surface area contributed by atoms with Crippen molar-refractivity contribution in [1.82, 2.24) is 13.9 Å². The summed E-state index contributed by atoms with van der Waals surface area (Å²) in [5.41, 5.74) is 0.529. The Bertz CT molecular complexity index is 857. The third-order valence-corrected chi connectivity index (χ3v) is 5.85. The van der Waals surface area contributed by atoms with Crippen LogP contribution < -0.4 is 0 Å². The van der Waals surface area contributed by atoms with E-state index in [-0.39, 0.29) is 6.54 Å². The highest BCUT2D eigenvalue weighted by Crippen LogP contribution is 2.24. The highest BCUT2D eigenvalue weighted by atomic mass is 32.2. The summed E-state index contributed by atoms with van der Waals surface area (Å²) in [6.45, 7) is 0.747. The second-order valence-electron chi connectivity index (χ2n) is 5.73. The lowest BCUT2D eigenvalue weighted by atomic mass is 10.2. The molecular formula is C15H16F3N3O2S. The first-order valence-corrected chi connectivity index (χ1v) is 8.89. The minimum absolute atomic E-state index is 0.0826. The Hall–Kier alpha value is -1.87. The molecule has 0 fully saturated rings. The van der Waals surface area contributed by atoms with Crippen LogP contribution in [0.5, 0.6) is 0 Å². The summed E-state index contributed by atoms with van der Waals surface area (Å²) in [5, 5.41) is 0. The average molecular weight is 359 g/mol. The summed E-state index contributed by atoms with van der Waals surface area (Å²) in [6, 6.07) is 1.31. The van der Waals surface area contributed by atoms with Gasteiger partial charge in [-0.3, -0.25) is 0 Å². The summed E-state index contributed by atoms with van der Waals surface area (Å²) in [4.78, 5) is 3.49. The monoisotopic (exact) mass is 359 g/mol. The molecule has 130 valence electrons. The maximum atomic E-state index is 13.8. The molecule has 0 spiro atoms. The molecule has 0 amide bonds. The average Bonchev–Trinajstić information content (AvgIpc) is 2.94. The summed E-state index contributed by atoms with van der Waals surface area (Å²) in [7, 11) is -3.06. The second kappa shape index (κ2) is 6.21. The SMILES string of the molecule is CN(Cc1cn2c(n1)CCCC2)S(=O)(=O)c1ccc(F)c(F)c1F. The standard InChI is InChI=1S/C15H16F3N3O2S/c1-20(8-10-9-21-7-3-2-4-13(21)19-10)24(22,23)12-6-5-11(16)14(17)15(12)18/h5-6,9H,2-4,7-8H2,1H3. The van der Waals surface area contributed by atoms with E-state index in [0.717, 1.165) is 42.0 Å². The first kappa shape index (κ1) is 17.0. The van der Waals surface area contributed by atoms with E-state index in [9.17, 15) is 21.6 Å². The van der Waals surface area contributed by atoms with Crippen LogP contribution in [0.1, 0.15) is 24.4 Å². The molecule has 0 saturated heterocycles. The summed E-state index contributed by atoms with van der Waals surface area (Å²) in [6.07, 6.45) is 4.66. The summed E-state index contributed by atoms with van der Waals surface area (Å²) in [5.74, 6) is -4.06. The molecule has 5 nitrogen and oxygen atoms in total. The third kappa shape index (κ3) is 2.93. The zero-order chi connectivity index (χ0) is 17.5. The number of sulfonamides is 1. The molecule has 1 aromatic carbocycles. The van der Waals surface area contributed by atoms with Crippen LogP contribution in [0.15, 0.2) is 23.2 Å². The Morgan fingerprint density at radius 3 is 2.67 bits per heavy atom. The molecule has 0 radical (unpaired) electrons. The lowest BCUT2D eigenvalue weighted by Gasteiger charge is -2.16. The number of imidazole rings is 1. The van der Waals surface area contributed by atoms with Gasteiger partial charge < -0.3 is 4.57 Å². The van der Waals surface area contributed by atoms with Crippen molar-refractivity contribution < 1.29 is 21.6 Å². The van der Waals surface area contributed by atoms with Gasteiger partial charge in [-0.15, -0.1) is 0 Å². The van der Waals surface area contributed by atoms with E-state index in [0.29, 0.717) is 11.8 Å². The summed E-state index contributed by atoms with van der Waals surface area (Å²) >= 11 is 0. The predicted octanol–water partition coefficient (Wildman–Crippen LogP) is 2.46. The molecule has 1 aromatic heterocycles. The number of hydrogen-bond donors (Lipinski definition) is 0. The quantitative estimate of drug-likeness (QED) is 0.788. The van der Waals surface area contributed by atoms with Gasteiger partial charge in [0.05, 0.1) is 12.2 Å². The number of nitrogens with zero attached hydrogens (tertiary/aromatic N) is 3. The molecular weight excluding hydrogens is 343 g/mol. The van der Waals surface area contributed by atoms with Crippen molar-refractivity contribution in [2.75, 3.05) is 7.05 Å². The normalized spacial score (nSPS) is 14.9. The molecule has 1 aliphatic heterocycles. The van der Waals surface area contributed by atoms with Crippen LogP contribution in [0.25, 0.3) is 0 Å². The van der Waals surface area contributed by atoms with E-state index in [1.165, 1.54) is 7.05 Å². The van der Waals surface area contributed by atoms with Gasteiger partial charge in [0.25, 0.3) is 0 Å². The van der Waals surface area contributed by atoms with Crippen LogP contribution in [0.3, 0.4) is 0 Å². The van der Waals surface area contributed by atoms with Crippen LogP contribution in [0.2, 0.25) is 0 Å². The Morgan fingerprint density at radius 2 is 1.96 bits per heavy atom. The molecule has 3 rings (SSSR count). The number of halogens is 3.